The molecule has 2 amide bonds. The van der Waals surface area contributed by atoms with Gasteiger partial charge in [0.25, 0.3) is 0 Å². The third-order valence-corrected chi connectivity index (χ3v) is 8.82. The molecule has 0 radical (unpaired) electrons. The molecule has 3 aromatic rings. The second-order valence-corrected chi connectivity index (χ2v) is 12.2. The van der Waals surface area contributed by atoms with Crippen LogP contribution in [0, 0.1) is 31.6 Å². The number of Topliss-reactive ketones (excluding diaryl/α,β-unsaturated/α-hetero) is 2. The number of nitrogens with one attached hydrogen (secondary N) is 1. The summed E-state index contributed by atoms with van der Waals surface area (Å²) in [6.45, 7) is 6.93. The number of rotatable bonds is 15. The van der Waals surface area contributed by atoms with Crippen molar-refractivity contribution in [2.75, 3.05) is 19.6 Å². The fourth-order valence-corrected chi connectivity index (χ4v) is 6.35. The molecule has 1 aliphatic rings. The van der Waals surface area contributed by atoms with Gasteiger partial charge in [-0.25, -0.2) is 4.79 Å². The van der Waals surface area contributed by atoms with Crippen molar-refractivity contribution in [2.45, 2.75) is 57.9 Å². The monoisotopic (exact) mass is 615 g/mol. The van der Waals surface area contributed by atoms with E-state index in [1.807, 2.05) is 43.3 Å². The van der Waals surface area contributed by atoms with Crippen LogP contribution in [0.1, 0.15) is 65.9 Å². The van der Waals surface area contributed by atoms with Gasteiger partial charge in [0.1, 0.15) is 11.9 Å². The molecular formula is C35H45N5O5. The van der Waals surface area contributed by atoms with Crippen molar-refractivity contribution in [3.63, 3.8) is 0 Å². The third-order valence-electron chi connectivity index (χ3n) is 8.82. The van der Waals surface area contributed by atoms with E-state index < -0.39 is 41.9 Å². The van der Waals surface area contributed by atoms with Crippen molar-refractivity contribution >= 4 is 17.6 Å². The number of aliphatic hydroxyl groups excluding tert-OH is 2. The Hall–Kier alpha value is -3.96. The Morgan fingerprint density at radius 1 is 0.956 bits per heavy atom. The molecule has 2 heterocycles. The van der Waals surface area contributed by atoms with E-state index in [0.717, 1.165) is 0 Å². The lowest BCUT2D eigenvalue weighted by atomic mass is 9.75. The fourth-order valence-electron chi connectivity index (χ4n) is 6.35. The van der Waals surface area contributed by atoms with Crippen LogP contribution in [0.15, 0.2) is 72.9 Å². The molecular weight excluding hydrogens is 570 g/mol. The topological polar surface area (TPSA) is 172 Å². The maximum atomic E-state index is 14.1. The zero-order valence-corrected chi connectivity index (χ0v) is 26.2. The molecule has 240 valence electrons. The van der Waals surface area contributed by atoms with Gasteiger partial charge in [-0.05, 0) is 48.9 Å². The maximum Gasteiger partial charge on any atom is 0.317 e. The van der Waals surface area contributed by atoms with Crippen molar-refractivity contribution in [1.82, 2.24) is 15.2 Å². The van der Waals surface area contributed by atoms with Crippen LogP contribution >= 0.6 is 0 Å². The number of amides is 2. The minimum absolute atomic E-state index is 0.127. The van der Waals surface area contributed by atoms with Gasteiger partial charge in [0.05, 0.1) is 12.0 Å². The summed E-state index contributed by atoms with van der Waals surface area (Å²) in [7, 11) is 0. The molecule has 0 saturated carbocycles. The predicted octanol–water partition coefficient (Wildman–Crippen LogP) is 3.30. The Morgan fingerprint density at radius 3 is 2.11 bits per heavy atom. The van der Waals surface area contributed by atoms with Gasteiger partial charge in [0.2, 0.25) is 0 Å². The number of nitrogens with zero attached hydrogens (tertiary/aromatic N) is 2. The third kappa shape index (κ3) is 8.20. The first-order valence-corrected chi connectivity index (χ1v) is 15.5. The molecule has 2 aromatic carbocycles. The van der Waals surface area contributed by atoms with E-state index in [1.54, 1.807) is 55.3 Å². The summed E-state index contributed by atoms with van der Waals surface area (Å²) in [5, 5.41) is 26.0. The number of ketones is 2. The van der Waals surface area contributed by atoms with Gasteiger partial charge in [-0.15, -0.1) is 0 Å². The first kappa shape index (κ1) is 33.9. The van der Waals surface area contributed by atoms with Crippen LogP contribution in [0.4, 0.5) is 4.79 Å². The Bertz CT molecular complexity index is 1430. The van der Waals surface area contributed by atoms with Crippen molar-refractivity contribution in [3.8, 4) is 0 Å². The molecule has 7 N–H and O–H groups in total. The van der Waals surface area contributed by atoms with Gasteiger partial charge < -0.3 is 31.9 Å². The van der Waals surface area contributed by atoms with E-state index in [-0.39, 0.29) is 30.6 Å². The summed E-state index contributed by atoms with van der Waals surface area (Å²) < 4.78 is 0. The Labute approximate surface area is 264 Å². The van der Waals surface area contributed by atoms with Gasteiger partial charge in [-0.3, -0.25) is 14.6 Å². The minimum Gasteiger partial charge on any atom is -0.392 e. The van der Waals surface area contributed by atoms with E-state index in [9.17, 15) is 24.6 Å². The summed E-state index contributed by atoms with van der Waals surface area (Å²) in [4.78, 5) is 46.1. The second kappa shape index (κ2) is 15.4. The van der Waals surface area contributed by atoms with Crippen LogP contribution in [0.5, 0.6) is 0 Å². The fraction of sp³-hybridized carbons (Fsp3) is 0.429. The lowest BCUT2D eigenvalue weighted by Crippen LogP contribution is -2.43. The molecule has 0 aliphatic carbocycles. The highest BCUT2D eigenvalue weighted by Gasteiger charge is 2.41. The van der Waals surface area contributed by atoms with Crippen LogP contribution in [0.25, 0.3) is 0 Å². The van der Waals surface area contributed by atoms with E-state index in [1.165, 1.54) is 0 Å². The number of nitrogens with two attached hydrogens (primary N) is 2. The van der Waals surface area contributed by atoms with Crippen molar-refractivity contribution in [3.05, 3.63) is 101 Å². The SMILES string of the molecule is Cc1ccnc(C)c1C(O)C(=O)[C@@H](C(N)c1ccccc1)[C@@H](O)C[C@H](C(=O)CC(C)CN1CCNC1=O)C(N)c1ccccc1. The van der Waals surface area contributed by atoms with Gasteiger partial charge in [-0.2, -0.15) is 0 Å². The molecule has 1 aliphatic heterocycles. The zero-order chi connectivity index (χ0) is 32.7. The summed E-state index contributed by atoms with van der Waals surface area (Å²) >= 11 is 0. The lowest BCUT2D eigenvalue weighted by Gasteiger charge is -2.33. The number of hydrogen-bond donors (Lipinski definition) is 5. The number of urea groups is 1. The number of pyridine rings is 1. The number of benzene rings is 2. The molecule has 10 heteroatoms. The van der Waals surface area contributed by atoms with Gasteiger partial charge in [-0.1, -0.05) is 67.6 Å². The second-order valence-electron chi connectivity index (χ2n) is 12.2. The maximum absolute atomic E-state index is 14.1. The predicted molar refractivity (Wildman–Crippen MR) is 172 cm³/mol. The number of aliphatic hydroxyl groups is 2. The van der Waals surface area contributed by atoms with Crippen LogP contribution in [0.2, 0.25) is 0 Å². The van der Waals surface area contributed by atoms with Crippen molar-refractivity contribution < 1.29 is 24.6 Å². The lowest BCUT2D eigenvalue weighted by molar-refractivity contribution is -0.138. The first-order valence-electron chi connectivity index (χ1n) is 15.5. The van der Waals surface area contributed by atoms with Crippen LogP contribution in [-0.2, 0) is 9.59 Å². The summed E-state index contributed by atoms with van der Waals surface area (Å²) in [5.74, 6) is -3.13. The largest absolute Gasteiger partial charge is 0.392 e. The molecule has 45 heavy (non-hydrogen) atoms. The van der Waals surface area contributed by atoms with Crippen LogP contribution < -0.4 is 16.8 Å². The molecule has 1 saturated heterocycles. The van der Waals surface area contributed by atoms with E-state index in [2.05, 4.69) is 10.3 Å². The number of hydrogen-bond acceptors (Lipinski definition) is 8. The molecule has 4 rings (SSSR count). The average Bonchev–Trinajstić information content (AvgIpc) is 3.43. The smallest absolute Gasteiger partial charge is 0.317 e. The van der Waals surface area contributed by atoms with Gasteiger partial charge >= 0.3 is 6.03 Å². The first-order chi connectivity index (χ1) is 21.5. The normalized spacial score (nSPS) is 17.9. The molecule has 1 aromatic heterocycles. The van der Waals surface area contributed by atoms with Gasteiger partial charge in [0.15, 0.2) is 5.78 Å². The highest BCUT2D eigenvalue weighted by atomic mass is 16.3. The van der Waals surface area contributed by atoms with Crippen LogP contribution in [0.3, 0.4) is 0 Å². The van der Waals surface area contributed by atoms with E-state index in [0.29, 0.717) is 47.6 Å². The molecule has 0 spiro atoms. The molecule has 0 bridgehead atoms. The summed E-state index contributed by atoms with van der Waals surface area (Å²) in [5.41, 5.74) is 16.3. The van der Waals surface area contributed by atoms with Crippen molar-refractivity contribution in [1.29, 1.82) is 0 Å². The number of aryl methyl sites for hydroxylation is 2. The molecule has 4 unspecified atom stereocenters. The summed E-state index contributed by atoms with van der Waals surface area (Å²) in [6, 6.07) is 17.9. The van der Waals surface area contributed by atoms with E-state index >= 15 is 0 Å². The number of aromatic nitrogens is 1. The molecule has 1 fully saturated rings. The Morgan fingerprint density at radius 2 is 1.56 bits per heavy atom. The Kier molecular flexibility index (Phi) is 11.6. The summed E-state index contributed by atoms with van der Waals surface area (Å²) in [6.07, 6.45) is -1.42. The number of carbonyl (C=O) groups excluding carboxylic acids is 3. The zero-order valence-electron chi connectivity index (χ0n) is 26.2. The van der Waals surface area contributed by atoms with Crippen LogP contribution in [-0.4, -0.2) is 63.4 Å². The highest BCUT2D eigenvalue weighted by molar-refractivity contribution is 5.88. The minimum atomic E-state index is -1.59. The molecule has 7 atom stereocenters. The Balaban J connectivity index is 1.65. The highest BCUT2D eigenvalue weighted by Crippen LogP contribution is 2.35. The van der Waals surface area contributed by atoms with E-state index in [4.69, 9.17) is 11.5 Å². The van der Waals surface area contributed by atoms with Crippen molar-refractivity contribution in [2.24, 2.45) is 29.2 Å². The van der Waals surface area contributed by atoms with Gasteiger partial charge in [0, 0.05) is 61.5 Å². The average molecular weight is 616 g/mol. The quantitative estimate of drug-likeness (QED) is 0.173. The molecule has 10 nitrogen and oxygen atoms in total. The number of carbonyl (C=O) groups is 3. The standard InChI is InChI=1S/C35H45N5O5/c1-21(20-40-17-16-39-35(40)45)18-27(41)26(31(36)24-10-6-4-7-11-24)19-28(42)30(32(37)25-12-8-5-9-13-25)34(44)33(43)29-22(2)14-15-38-23(29)3/h4-15,21,26,28,30-33,42-43H,16-20,36-37H2,1-3H3,(H,39,45)/t21?,26-,28+,30-,31?,32?,33?/m1/s1.